The van der Waals surface area contributed by atoms with Gasteiger partial charge in [-0.15, -0.1) is 0 Å². The summed E-state index contributed by atoms with van der Waals surface area (Å²) < 4.78 is 0. The van der Waals surface area contributed by atoms with Crippen LogP contribution in [0.4, 0.5) is 5.69 Å². The molecule has 0 radical (unpaired) electrons. The Bertz CT molecular complexity index is 173. The first-order valence-corrected chi connectivity index (χ1v) is 3.96. The van der Waals surface area contributed by atoms with Crippen LogP contribution in [0.25, 0.3) is 0 Å². The van der Waals surface area contributed by atoms with Gasteiger partial charge in [-0.25, -0.2) is 4.98 Å². The van der Waals surface area contributed by atoms with Crippen molar-refractivity contribution in [2.24, 2.45) is 0 Å². The summed E-state index contributed by atoms with van der Waals surface area (Å²) in [5.41, 5.74) is 6.94. The minimum Gasteiger partial charge on any atom is -0.399 e. The Hall–Kier alpha value is -0.760. The SMILES string of the molecule is CC.Cc1cc(N)cc(Cl)n1. The van der Waals surface area contributed by atoms with Gasteiger partial charge in [0.25, 0.3) is 0 Å². The van der Waals surface area contributed by atoms with Crippen LogP contribution in [-0.2, 0) is 0 Å². The summed E-state index contributed by atoms with van der Waals surface area (Å²) in [4.78, 5) is 3.92. The lowest BCUT2D eigenvalue weighted by Gasteiger charge is -1.94. The van der Waals surface area contributed by atoms with Crippen LogP contribution in [0.3, 0.4) is 0 Å². The molecular formula is C8H13ClN2. The van der Waals surface area contributed by atoms with Gasteiger partial charge in [-0.05, 0) is 19.1 Å². The van der Waals surface area contributed by atoms with Crippen molar-refractivity contribution in [3.8, 4) is 0 Å². The van der Waals surface area contributed by atoms with Gasteiger partial charge in [0.05, 0.1) is 0 Å². The summed E-state index contributed by atoms with van der Waals surface area (Å²) in [6, 6.07) is 3.39. The monoisotopic (exact) mass is 172 g/mol. The number of hydrogen-bond donors (Lipinski definition) is 1. The molecule has 0 atom stereocenters. The van der Waals surface area contributed by atoms with E-state index in [4.69, 9.17) is 17.3 Å². The van der Waals surface area contributed by atoms with Crippen LogP contribution in [0, 0.1) is 6.92 Å². The van der Waals surface area contributed by atoms with Gasteiger partial charge in [0.15, 0.2) is 0 Å². The van der Waals surface area contributed by atoms with Crippen molar-refractivity contribution < 1.29 is 0 Å². The molecule has 0 amide bonds. The summed E-state index contributed by atoms with van der Waals surface area (Å²) in [6.07, 6.45) is 0. The van der Waals surface area contributed by atoms with E-state index in [0.29, 0.717) is 10.8 Å². The maximum absolute atomic E-state index is 5.56. The highest BCUT2D eigenvalue weighted by atomic mass is 35.5. The molecule has 1 heterocycles. The Kier molecular flexibility index (Phi) is 4.62. The average Bonchev–Trinajstić information content (AvgIpc) is 1.88. The minimum atomic E-state index is 0.451. The summed E-state index contributed by atoms with van der Waals surface area (Å²) in [6.45, 7) is 5.85. The maximum Gasteiger partial charge on any atom is 0.131 e. The number of hydrogen-bond acceptors (Lipinski definition) is 2. The van der Waals surface area contributed by atoms with Crippen molar-refractivity contribution in [3.05, 3.63) is 23.0 Å². The molecule has 0 aliphatic rings. The van der Waals surface area contributed by atoms with Gasteiger partial charge in [-0.2, -0.15) is 0 Å². The average molecular weight is 173 g/mol. The second kappa shape index (κ2) is 4.97. The standard InChI is InChI=1S/C6H7ClN2.C2H6/c1-4-2-5(8)3-6(7)9-4;1-2/h2-3H,1H3,(H2,8,9);1-2H3. The van der Waals surface area contributed by atoms with E-state index in [1.807, 2.05) is 20.8 Å². The van der Waals surface area contributed by atoms with Crippen molar-refractivity contribution in [1.82, 2.24) is 4.98 Å². The quantitative estimate of drug-likeness (QED) is 0.612. The number of halogens is 1. The molecule has 3 heteroatoms. The highest BCUT2D eigenvalue weighted by molar-refractivity contribution is 6.29. The summed E-state index contributed by atoms with van der Waals surface area (Å²) in [7, 11) is 0. The predicted octanol–water partition coefficient (Wildman–Crippen LogP) is 2.65. The summed E-state index contributed by atoms with van der Waals surface area (Å²) in [5.74, 6) is 0. The third kappa shape index (κ3) is 3.83. The molecule has 1 aromatic rings. The van der Waals surface area contributed by atoms with Crippen molar-refractivity contribution in [1.29, 1.82) is 0 Å². The van der Waals surface area contributed by atoms with E-state index in [9.17, 15) is 0 Å². The molecular weight excluding hydrogens is 160 g/mol. The second-order valence-corrected chi connectivity index (χ2v) is 2.25. The van der Waals surface area contributed by atoms with E-state index in [1.165, 1.54) is 0 Å². The number of anilines is 1. The Balaban J connectivity index is 0.000000461. The number of nitrogens with zero attached hydrogens (tertiary/aromatic N) is 1. The number of rotatable bonds is 0. The second-order valence-electron chi connectivity index (χ2n) is 1.86. The van der Waals surface area contributed by atoms with Gasteiger partial charge in [0.1, 0.15) is 5.15 Å². The fourth-order valence-electron chi connectivity index (χ4n) is 0.653. The van der Waals surface area contributed by atoms with Crippen LogP contribution in [0.5, 0.6) is 0 Å². The van der Waals surface area contributed by atoms with Crippen LogP contribution in [-0.4, -0.2) is 4.98 Å². The minimum absolute atomic E-state index is 0.451. The third-order valence-corrected chi connectivity index (χ3v) is 1.14. The molecule has 0 saturated heterocycles. The maximum atomic E-state index is 5.56. The summed E-state index contributed by atoms with van der Waals surface area (Å²) in [5, 5.41) is 0.451. The van der Waals surface area contributed by atoms with Gasteiger partial charge >= 0.3 is 0 Å². The Morgan fingerprint density at radius 2 is 1.91 bits per heavy atom. The van der Waals surface area contributed by atoms with Crippen molar-refractivity contribution >= 4 is 17.3 Å². The highest BCUT2D eigenvalue weighted by Crippen LogP contribution is 2.10. The van der Waals surface area contributed by atoms with Gasteiger partial charge in [-0.1, -0.05) is 25.4 Å². The zero-order chi connectivity index (χ0) is 8.85. The molecule has 11 heavy (non-hydrogen) atoms. The van der Waals surface area contributed by atoms with Gasteiger partial charge in [0.2, 0.25) is 0 Å². The zero-order valence-corrected chi connectivity index (χ0v) is 7.81. The Morgan fingerprint density at radius 3 is 2.27 bits per heavy atom. The highest BCUT2D eigenvalue weighted by Gasteiger charge is 1.91. The van der Waals surface area contributed by atoms with Crippen molar-refractivity contribution in [3.63, 3.8) is 0 Å². The number of pyridine rings is 1. The van der Waals surface area contributed by atoms with E-state index >= 15 is 0 Å². The Morgan fingerprint density at radius 1 is 1.36 bits per heavy atom. The van der Waals surface area contributed by atoms with Crippen LogP contribution >= 0.6 is 11.6 Å². The molecule has 1 aromatic heterocycles. The molecule has 1 rings (SSSR count). The van der Waals surface area contributed by atoms with Gasteiger partial charge < -0.3 is 5.73 Å². The lowest BCUT2D eigenvalue weighted by Crippen LogP contribution is -1.88. The Labute approximate surface area is 72.4 Å². The molecule has 62 valence electrons. The van der Waals surface area contributed by atoms with Crippen LogP contribution < -0.4 is 5.73 Å². The normalized spacial score (nSPS) is 8.36. The fraction of sp³-hybridized carbons (Fsp3) is 0.375. The van der Waals surface area contributed by atoms with E-state index in [2.05, 4.69) is 4.98 Å². The lowest BCUT2D eigenvalue weighted by atomic mass is 10.3. The van der Waals surface area contributed by atoms with Crippen LogP contribution in [0.1, 0.15) is 19.5 Å². The number of aryl methyl sites for hydroxylation is 1. The number of nitrogens with two attached hydrogens (primary N) is 1. The third-order valence-electron chi connectivity index (χ3n) is 0.944. The molecule has 0 spiro atoms. The number of aromatic nitrogens is 1. The number of nitrogen functional groups attached to an aromatic ring is 1. The smallest absolute Gasteiger partial charge is 0.131 e. The first kappa shape index (κ1) is 10.2. The molecule has 0 aliphatic heterocycles. The van der Waals surface area contributed by atoms with E-state index in [1.54, 1.807) is 12.1 Å². The van der Waals surface area contributed by atoms with Crippen molar-refractivity contribution in [2.75, 3.05) is 5.73 Å². The molecule has 0 aromatic carbocycles. The summed E-state index contributed by atoms with van der Waals surface area (Å²) >= 11 is 5.56. The molecule has 0 saturated carbocycles. The predicted molar refractivity (Wildman–Crippen MR) is 49.7 cm³/mol. The molecule has 0 unspecified atom stereocenters. The fourth-order valence-corrected chi connectivity index (χ4v) is 0.913. The zero-order valence-electron chi connectivity index (χ0n) is 7.06. The molecule has 2 N–H and O–H groups in total. The first-order chi connectivity index (χ1) is 5.18. The molecule has 0 fully saturated rings. The van der Waals surface area contributed by atoms with Crippen LogP contribution in [0.15, 0.2) is 12.1 Å². The van der Waals surface area contributed by atoms with E-state index < -0.39 is 0 Å². The molecule has 2 nitrogen and oxygen atoms in total. The molecule has 0 aliphatic carbocycles. The van der Waals surface area contributed by atoms with Crippen LogP contribution in [0.2, 0.25) is 5.15 Å². The van der Waals surface area contributed by atoms with Gasteiger partial charge in [-0.3, -0.25) is 0 Å². The van der Waals surface area contributed by atoms with E-state index in [0.717, 1.165) is 5.69 Å². The topological polar surface area (TPSA) is 38.9 Å². The van der Waals surface area contributed by atoms with Crippen molar-refractivity contribution in [2.45, 2.75) is 20.8 Å². The largest absolute Gasteiger partial charge is 0.399 e. The first-order valence-electron chi connectivity index (χ1n) is 3.58. The van der Waals surface area contributed by atoms with E-state index in [-0.39, 0.29) is 0 Å². The van der Waals surface area contributed by atoms with Gasteiger partial charge in [0, 0.05) is 11.4 Å². The lowest BCUT2D eigenvalue weighted by molar-refractivity contribution is 1.20. The molecule has 0 bridgehead atoms.